The Hall–Kier alpha value is -1.92. The Balaban J connectivity index is 1.16. The first-order valence-corrected chi connectivity index (χ1v) is 12.1. The molecule has 6 nitrogen and oxygen atoms in total. The number of carbonyl (C=O) groups is 2. The Kier molecular flexibility index (Phi) is 7.28. The number of piperidine rings is 1. The second kappa shape index (κ2) is 10.1. The maximum atomic E-state index is 12.7. The smallest absolute Gasteiger partial charge is 0.251 e. The summed E-state index contributed by atoms with van der Waals surface area (Å²) in [6, 6.07) is 8.89. The van der Waals surface area contributed by atoms with Crippen LogP contribution in [0.3, 0.4) is 0 Å². The summed E-state index contributed by atoms with van der Waals surface area (Å²) in [5, 5.41) is 3.18. The van der Waals surface area contributed by atoms with E-state index >= 15 is 0 Å². The number of hydrogen-bond acceptors (Lipinski definition) is 4. The molecule has 1 saturated carbocycles. The molecule has 1 aliphatic carbocycles. The molecular weight excluding hydrogens is 388 g/mol. The number of nitrogens with zero attached hydrogens (tertiary/aromatic N) is 3. The van der Waals surface area contributed by atoms with Gasteiger partial charge in [0, 0.05) is 56.9 Å². The lowest BCUT2D eigenvalue weighted by Crippen LogP contribution is -2.55. The highest BCUT2D eigenvalue weighted by Crippen LogP contribution is 2.25. The Morgan fingerprint density at radius 1 is 0.935 bits per heavy atom. The molecule has 1 N–H and O–H groups in total. The van der Waals surface area contributed by atoms with Gasteiger partial charge in [-0.05, 0) is 49.3 Å². The van der Waals surface area contributed by atoms with Crippen molar-refractivity contribution in [3.8, 4) is 0 Å². The predicted molar refractivity (Wildman–Crippen MR) is 123 cm³/mol. The zero-order valence-corrected chi connectivity index (χ0v) is 19.2. The van der Waals surface area contributed by atoms with Gasteiger partial charge in [0.05, 0.1) is 6.54 Å². The second-order valence-electron chi connectivity index (χ2n) is 9.80. The standard InChI is InChI=1S/C25H38N4O2/c1-19(2)20-6-8-21(9-7-20)25(31)26-22-10-12-27(13-11-22)18-24(30)29-16-14-28(15-17-29)23-4-3-5-23/h6-9,19,22-23H,3-5,10-18H2,1-2H3,(H,26,31). The number of carbonyl (C=O) groups excluding carboxylic acids is 2. The highest BCUT2D eigenvalue weighted by molar-refractivity contribution is 5.94. The third-order valence-corrected chi connectivity index (χ3v) is 7.38. The molecule has 3 aliphatic rings. The average Bonchev–Trinajstić information content (AvgIpc) is 2.74. The maximum Gasteiger partial charge on any atom is 0.251 e. The van der Waals surface area contributed by atoms with Crippen molar-refractivity contribution in [1.29, 1.82) is 0 Å². The summed E-state index contributed by atoms with van der Waals surface area (Å²) in [5.41, 5.74) is 1.97. The van der Waals surface area contributed by atoms with Crippen LogP contribution in [0.25, 0.3) is 0 Å². The summed E-state index contributed by atoms with van der Waals surface area (Å²) in [5.74, 6) is 0.742. The molecule has 170 valence electrons. The number of piperazine rings is 1. The van der Waals surface area contributed by atoms with Gasteiger partial charge in [-0.3, -0.25) is 19.4 Å². The van der Waals surface area contributed by atoms with Crippen LogP contribution >= 0.6 is 0 Å². The number of likely N-dealkylation sites (tertiary alicyclic amines) is 1. The zero-order valence-electron chi connectivity index (χ0n) is 19.2. The van der Waals surface area contributed by atoms with E-state index < -0.39 is 0 Å². The van der Waals surface area contributed by atoms with E-state index in [1.54, 1.807) is 0 Å². The quantitative estimate of drug-likeness (QED) is 0.760. The van der Waals surface area contributed by atoms with Crippen LogP contribution in [0.1, 0.15) is 67.8 Å². The maximum absolute atomic E-state index is 12.7. The number of rotatable bonds is 6. The fourth-order valence-electron chi connectivity index (χ4n) is 4.90. The molecule has 2 amide bonds. The minimum absolute atomic E-state index is 0.00849. The molecule has 0 spiro atoms. The van der Waals surface area contributed by atoms with Crippen LogP contribution in [0.5, 0.6) is 0 Å². The van der Waals surface area contributed by atoms with Crippen molar-refractivity contribution in [2.24, 2.45) is 0 Å². The first kappa shape index (κ1) is 22.3. The average molecular weight is 427 g/mol. The molecule has 1 aromatic rings. The first-order valence-electron chi connectivity index (χ1n) is 12.1. The van der Waals surface area contributed by atoms with Gasteiger partial charge in [-0.2, -0.15) is 0 Å². The van der Waals surface area contributed by atoms with Gasteiger partial charge in [0.15, 0.2) is 0 Å². The van der Waals surface area contributed by atoms with Gasteiger partial charge in [-0.25, -0.2) is 0 Å². The van der Waals surface area contributed by atoms with Crippen molar-refractivity contribution in [3.05, 3.63) is 35.4 Å². The van der Waals surface area contributed by atoms with Crippen LogP contribution in [0.15, 0.2) is 24.3 Å². The van der Waals surface area contributed by atoms with Crippen molar-refractivity contribution < 1.29 is 9.59 Å². The summed E-state index contributed by atoms with van der Waals surface area (Å²) in [6.45, 7) is 10.4. The SMILES string of the molecule is CC(C)c1ccc(C(=O)NC2CCN(CC(=O)N3CCN(C4CCC4)CC3)CC2)cc1. The van der Waals surface area contributed by atoms with Crippen LogP contribution in [-0.4, -0.2) is 84.4 Å². The monoisotopic (exact) mass is 426 g/mol. The third-order valence-electron chi connectivity index (χ3n) is 7.38. The Morgan fingerprint density at radius 3 is 2.13 bits per heavy atom. The molecule has 0 radical (unpaired) electrons. The molecule has 0 unspecified atom stereocenters. The first-order chi connectivity index (χ1) is 15.0. The van der Waals surface area contributed by atoms with E-state index in [4.69, 9.17) is 0 Å². The molecular formula is C25H38N4O2. The van der Waals surface area contributed by atoms with Crippen LogP contribution in [0.4, 0.5) is 0 Å². The van der Waals surface area contributed by atoms with Crippen molar-refractivity contribution in [2.75, 3.05) is 45.8 Å². The highest BCUT2D eigenvalue weighted by atomic mass is 16.2. The summed E-state index contributed by atoms with van der Waals surface area (Å²) >= 11 is 0. The molecule has 2 saturated heterocycles. The molecule has 31 heavy (non-hydrogen) atoms. The lowest BCUT2D eigenvalue weighted by atomic mass is 9.91. The number of amides is 2. The fourth-order valence-corrected chi connectivity index (χ4v) is 4.90. The van der Waals surface area contributed by atoms with E-state index in [1.165, 1.54) is 24.8 Å². The van der Waals surface area contributed by atoms with E-state index in [9.17, 15) is 9.59 Å². The van der Waals surface area contributed by atoms with Gasteiger partial charge in [-0.15, -0.1) is 0 Å². The zero-order chi connectivity index (χ0) is 21.8. The lowest BCUT2D eigenvalue weighted by molar-refractivity contribution is -0.135. The summed E-state index contributed by atoms with van der Waals surface area (Å²) in [7, 11) is 0. The number of nitrogens with one attached hydrogen (secondary N) is 1. The van der Waals surface area contributed by atoms with Crippen LogP contribution < -0.4 is 5.32 Å². The van der Waals surface area contributed by atoms with Crippen molar-refractivity contribution in [1.82, 2.24) is 20.0 Å². The summed E-state index contributed by atoms with van der Waals surface area (Å²) in [6.07, 6.45) is 5.84. The minimum Gasteiger partial charge on any atom is -0.349 e. The molecule has 2 aliphatic heterocycles. The van der Waals surface area contributed by atoms with Crippen molar-refractivity contribution in [3.63, 3.8) is 0 Å². The molecule has 6 heteroatoms. The van der Waals surface area contributed by atoms with Gasteiger partial charge in [0.1, 0.15) is 0 Å². The molecule has 0 atom stereocenters. The molecule has 0 aromatic heterocycles. The largest absolute Gasteiger partial charge is 0.349 e. The highest BCUT2D eigenvalue weighted by Gasteiger charge is 2.30. The minimum atomic E-state index is 0.00849. The van der Waals surface area contributed by atoms with Gasteiger partial charge in [0.25, 0.3) is 5.91 Å². The van der Waals surface area contributed by atoms with Crippen LogP contribution in [0, 0.1) is 0 Å². The molecule has 3 fully saturated rings. The van der Waals surface area contributed by atoms with Gasteiger partial charge in [-0.1, -0.05) is 32.4 Å². The molecule has 1 aromatic carbocycles. The second-order valence-corrected chi connectivity index (χ2v) is 9.80. The Bertz CT molecular complexity index is 743. The van der Waals surface area contributed by atoms with Crippen molar-refractivity contribution >= 4 is 11.8 Å². The van der Waals surface area contributed by atoms with Gasteiger partial charge < -0.3 is 10.2 Å². The topological polar surface area (TPSA) is 55.9 Å². The van der Waals surface area contributed by atoms with Crippen LogP contribution in [0.2, 0.25) is 0 Å². The van der Waals surface area contributed by atoms with E-state index in [0.29, 0.717) is 12.5 Å². The van der Waals surface area contributed by atoms with E-state index in [1.807, 2.05) is 29.2 Å². The third kappa shape index (κ3) is 5.66. The van der Waals surface area contributed by atoms with Crippen molar-refractivity contribution in [2.45, 2.75) is 64.0 Å². The van der Waals surface area contributed by atoms with E-state index in [2.05, 4.69) is 29.0 Å². The van der Waals surface area contributed by atoms with Crippen LogP contribution in [-0.2, 0) is 4.79 Å². The van der Waals surface area contributed by atoms with Gasteiger partial charge >= 0.3 is 0 Å². The number of benzene rings is 1. The molecule has 4 rings (SSSR count). The summed E-state index contributed by atoms with van der Waals surface area (Å²) < 4.78 is 0. The lowest BCUT2D eigenvalue weighted by Gasteiger charge is -2.43. The Morgan fingerprint density at radius 2 is 1.58 bits per heavy atom. The summed E-state index contributed by atoms with van der Waals surface area (Å²) in [4.78, 5) is 32.2. The fraction of sp³-hybridized carbons (Fsp3) is 0.680. The Labute approximate surface area is 187 Å². The predicted octanol–water partition coefficient (Wildman–Crippen LogP) is 2.70. The molecule has 0 bridgehead atoms. The van der Waals surface area contributed by atoms with Gasteiger partial charge in [0.2, 0.25) is 5.91 Å². The number of hydrogen-bond donors (Lipinski definition) is 1. The normalized spacial score (nSPS) is 21.8. The van der Waals surface area contributed by atoms with E-state index in [-0.39, 0.29) is 17.9 Å². The molecule has 2 heterocycles. The van der Waals surface area contributed by atoms with E-state index in [0.717, 1.165) is 63.7 Å².